The van der Waals surface area contributed by atoms with Crippen molar-refractivity contribution in [1.29, 1.82) is 0 Å². The first-order valence-electron chi connectivity index (χ1n) is 6.60. The number of halogens is 2. The van der Waals surface area contributed by atoms with Gasteiger partial charge in [0.15, 0.2) is 0 Å². The van der Waals surface area contributed by atoms with Crippen LogP contribution in [0.2, 0.25) is 0 Å². The third-order valence-electron chi connectivity index (χ3n) is 3.55. The Morgan fingerprint density at radius 1 is 1.00 bits per heavy atom. The summed E-state index contributed by atoms with van der Waals surface area (Å²) in [6, 6.07) is 14.8. The van der Waals surface area contributed by atoms with Crippen LogP contribution in [0.5, 0.6) is 0 Å². The van der Waals surface area contributed by atoms with Gasteiger partial charge < -0.3 is 4.42 Å². The molecule has 0 aliphatic heterocycles. The van der Waals surface area contributed by atoms with Gasteiger partial charge in [-0.2, -0.15) is 0 Å². The Morgan fingerprint density at radius 3 is 2.50 bits per heavy atom. The average Bonchev–Trinajstić information content (AvgIpc) is 2.96. The van der Waals surface area contributed by atoms with Crippen molar-refractivity contribution in [3.63, 3.8) is 0 Å². The first-order chi connectivity index (χ1) is 9.72. The summed E-state index contributed by atoms with van der Waals surface area (Å²) in [4.78, 5) is 0.147. The summed E-state index contributed by atoms with van der Waals surface area (Å²) in [6.45, 7) is 2.11. The van der Waals surface area contributed by atoms with Gasteiger partial charge in [-0.25, -0.2) is 0 Å². The molecule has 0 bridgehead atoms. The van der Waals surface area contributed by atoms with Crippen LogP contribution in [-0.2, 0) is 6.42 Å². The second-order valence-corrected chi connectivity index (χ2v) is 6.47. The summed E-state index contributed by atoms with van der Waals surface area (Å²) in [5.74, 6) is 1.04. The molecule has 0 saturated heterocycles. The molecule has 0 fully saturated rings. The van der Waals surface area contributed by atoms with Crippen LogP contribution in [0.3, 0.4) is 0 Å². The second kappa shape index (κ2) is 5.74. The molecule has 0 spiro atoms. The topological polar surface area (TPSA) is 13.1 Å². The highest BCUT2D eigenvalue weighted by atomic mass is 79.9. The molecule has 1 aromatic heterocycles. The van der Waals surface area contributed by atoms with Crippen molar-refractivity contribution in [1.82, 2.24) is 0 Å². The molecule has 1 heterocycles. The summed E-state index contributed by atoms with van der Waals surface area (Å²) in [6.07, 6.45) is 2.67. The molecule has 0 aliphatic carbocycles. The Labute approximate surface area is 135 Å². The fourth-order valence-corrected chi connectivity index (χ4v) is 3.82. The first kappa shape index (κ1) is 13.9. The summed E-state index contributed by atoms with van der Waals surface area (Å²) in [5, 5.41) is 2.49. The maximum atomic E-state index is 5.55. The van der Waals surface area contributed by atoms with E-state index < -0.39 is 0 Å². The predicted octanol–water partition coefficient (Wildman–Crippen LogP) is 6.24. The van der Waals surface area contributed by atoms with Gasteiger partial charge in [0.25, 0.3) is 0 Å². The molecular weight excluding hydrogens is 380 g/mol. The molecular formula is C17H14Br2O. The van der Waals surface area contributed by atoms with Crippen LogP contribution < -0.4 is 0 Å². The minimum atomic E-state index is 0.147. The normalized spacial score (nSPS) is 12.8. The Kier molecular flexibility index (Phi) is 3.99. The van der Waals surface area contributed by atoms with Crippen molar-refractivity contribution in [2.24, 2.45) is 0 Å². The van der Waals surface area contributed by atoms with Gasteiger partial charge in [-0.05, 0) is 28.5 Å². The number of aryl methyl sites for hydroxylation is 1. The van der Waals surface area contributed by atoms with E-state index >= 15 is 0 Å². The quantitative estimate of drug-likeness (QED) is 0.480. The van der Waals surface area contributed by atoms with Crippen LogP contribution in [0.4, 0.5) is 0 Å². The highest BCUT2D eigenvalue weighted by Crippen LogP contribution is 2.39. The fraction of sp³-hybridized carbons (Fsp3) is 0.176. The molecule has 3 aromatic rings. The predicted molar refractivity (Wildman–Crippen MR) is 90.5 cm³/mol. The zero-order chi connectivity index (χ0) is 14.1. The molecule has 1 nitrogen and oxygen atoms in total. The largest absolute Gasteiger partial charge is 0.469 e. The van der Waals surface area contributed by atoms with Crippen molar-refractivity contribution >= 4 is 42.6 Å². The molecule has 0 amide bonds. The van der Waals surface area contributed by atoms with E-state index in [1.54, 1.807) is 6.26 Å². The number of benzene rings is 2. The summed E-state index contributed by atoms with van der Waals surface area (Å²) in [5.41, 5.74) is 2.47. The lowest BCUT2D eigenvalue weighted by Crippen LogP contribution is -1.96. The Morgan fingerprint density at radius 2 is 1.75 bits per heavy atom. The Bertz CT molecular complexity index is 746. The van der Waals surface area contributed by atoms with E-state index in [1.165, 1.54) is 21.9 Å². The van der Waals surface area contributed by atoms with Crippen molar-refractivity contribution in [3.05, 3.63) is 70.1 Å². The average molecular weight is 394 g/mol. The van der Waals surface area contributed by atoms with Gasteiger partial charge >= 0.3 is 0 Å². The molecule has 0 aliphatic rings. The van der Waals surface area contributed by atoms with E-state index in [0.717, 1.165) is 16.7 Å². The summed E-state index contributed by atoms with van der Waals surface area (Å²) < 4.78 is 6.68. The maximum Gasteiger partial charge on any atom is 0.108 e. The van der Waals surface area contributed by atoms with Crippen LogP contribution in [0.1, 0.15) is 28.6 Å². The minimum Gasteiger partial charge on any atom is -0.469 e. The molecule has 2 aromatic carbocycles. The van der Waals surface area contributed by atoms with Crippen LogP contribution in [0.25, 0.3) is 10.8 Å². The van der Waals surface area contributed by atoms with E-state index in [0.29, 0.717) is 0 Å². The van der Waals surface area contributed by atoms with Crippen molar-refractivity contribution in [3.8, 4) is 0 Å². The Hall–Kier alpha value is -1.06. The molecule has 20 heavy (non-hydrogen) atoms. The molecule has 0 N–H and O–H groups in total. The smallest absolute Gasteiger partial charge is 0.108 e. The number of furan rings is 1. The maximum absolute atomic E-state index is 5.55. The second-order valence-electron chi connectivity index (χ2n) is 4.70. The Balaban J connectivity index is 2.17. The van der Waals surface area contributed by atoms with E-state index in [9.17, 15) is 0 Å². The molecule has 1 atom stereocenters. The van der Waals surface area contributed by atoms with E-state index in [1.807, 2.05) is 0 Å². The van der Waals surface area contributed by atoms with Crippen molar-refractivity contribution < 1.29 is 4.42 Å². The third kappa shape index (κ3) is 2.33. The van der Waals surface area contributed by atoms with Crippen molar-refractivity contribution in [2.75, 3.05) is 0 Å². The monoisotopic (exact) mass is 392 g/mol. The number of hydrogen-bond donors (Lipinski definition) is 0. The van der Waals surface area contributed by atoms with E-state index in [4.69, 9.17) is 4.42 Å². The van der Waals surface area contributed by atoms with Gasteiger partial charge in [0.2, 0.25) is 0 Å². The number of alkyl halides is 1. The van der Waals surface area contributed by atoms with Gasteiger partial charge in [-0.1, -0.05) is 69.1 Å². The van der Waals surface area contributed by atoms with Crippen LogP contribution in [0.15, 0.2) is 57.6 Å². The summed E-state index contributed by atoms with van der Waals surface area (Å²) >= 11 is 7.46. The lowest BCUT2D eigenvalue weighted by atomic mass is 9.98. The van der Waals surface area contributed by atoms with Crippen molar-refractivity contribution in [2.45, 2.75) is 18.2 Å². The van der Waals surface area contributed by atoms with Gasteiger partial charge in [-0.3, -0.25) is 0 Å². The van der Waals surface area contributed by atoms with Gasteiger partial charge in [-0.15, -0.1) is 0 Å². The lowest BCUT2D eigenvalue weighted by molar-refractivity contribution is 0.512. The first-order valence-corrected chi connectivity index (χ1v) is 8.30. The van der Waals surface area contributed by atoms with Crippen LogP contribution in [-0.4, -0.2) is 0 Å². The lowest BCUT2D eigenvalue weighted by Gasteiger charge is -2.14. The van der Waals surface area contributed by atoms with E-state index in [-0.39, 0.29) is 4.83 Å². The standard InChI is InChI=1S/C17H14Br2O/c1-2-16-14(9-10-20-16)17(19)13-7-8-15(18)12-6-4-3-5-11(12)13/h3-10,17H,2H2,1H3. The molecule has 3 heteroatoms. The van der Waals surface area contributed by atoms with Crippen LogP contribution in [0, 0.1) is 0 Å². The fourth-order valence-electron chi connectivity index (χ4n) is 2.54. The van der Waals surface area contributed by atoms with Gasteiger partial charge in [0.1, 0.15) is 5.76 Å². The zero-order valence-corrected chi connectivity index (χ0v) is 14.2. The van der Waals surface area contributed by atoms with E-state index in [2.05, 4.69) is 81.2 Å². The van der Waals surface area contributed by atoms with Gasteiger partial charge in [0.05, 0.1) is 11.1 Å². The van der Waals surface area contributed by atoms with Crippen LogP contribution >= 0.6 is 31.9 Å². The highest BCUT2D eigenvalue weighted by molar-refractivity contribution is 9.10. The SMILES string of the molecule is CCc1occc1C(Br)c1ccc(Br)c2ccccc12. The number of fused-ring (bicyclic) bond motifs is 1. The molecule has 1 unspecified atom stereocenters. The summed E-state index contributed by atoms with van der Waals surface area (Å²) in [7, 11) is 0. The zero-order valence-electron chi connectivity index (χ0n) is 11.1. The molecule has 3 rings (SSSR count). The molecule has 0 radical (unpaired) electrons. The number of rotatable bonds is 3. The molecule has 102 valence electrons. The van der Waals surface area contributed by atoms with Gasteiger partial charge in [0, 0.05) is 16.5 Å². The third-order valence-corrected chi connectivity index (χ3v) is 5.23. The number of hydrogen-bond acceptors (Lipinski definition) is 1. The minimum absolute atomic E-state index is 0.147. The molecule has 0 saturated carbocycles. The highest BCUT2D eigenvalue weighted by Gasteiger charge is 2.18.